The fourth-order valence-corrected chi connectivity index (χ4v) is 2.62. The van der Waals surface area contributed by atoms with Crippen LogP contribution < -0.4 is 11.1 Å². The largest absolute Gasteiger partial charge is 0.364 e. The van der Waals surface area contributed by atoms with E-state index in [2.05, 4.69) is 25.2 Å². The molecule has 1 amide bonds. The zero-order valence-corrected chi connectivity index (χ0v) is 12.5. The standard InChI is InChI=1S/C16H24N2O2/c1-10(2)13-6-4-5-11(3)15(13)18-16(19)14-8-7-12(9-17)20-14/h4-6,10,12,14H,7-9,17H2,1-3H3,(H,18,19)/t12-,14+/m1/s1. The number of nitrogens with one attached hydrogen (secondary N) is 1. The highest BCUT2D eigenvalue weighted by atomic mass is 16.5. The van der Waals surface area contributed by atoms with Crippen molar-refractivity contribution in [2.75, 3.05) is 11.9 Å². The summed E-state index contributed by atoms with van der Waals surface area (Å²) < 4.78 is 5.65. The molecule has 3 N–H and O–H groups in total. The molecule has 4 nitrogen and oxygen atoms in total. The Morgan fingerprint density at radius 3 is 2.80 bits per heavy atom. The molecule has 0 aromatic heterocycles. The van der Waals surface area contributed by atoms with E-state index in [9.17, 15) is 4.79 Å². The summed E-state index contributed by atoms with van der Waals surface area (Å²) in [5.74, 6) is 0.309. The first-order chi connectivity index (χ1) is 9.52. The number of benzene rings is 1. The Labute approximate surface area is 120 Å². The Morgan fingerprint density at radius 1 is 1.45 bits per heavy atom. The molecule has 1 aliphatic rings. The van der Waals surface area contributed by atoms with Gasteiger partial charge in [0.2, 0.25) is 0 Å². The van der Waals surface area contributed by atoms with Crippen LogP contribution in [0.1, 0.15) is 43.7 Å². The highest BCUT2D eigenvalue weighted by Crippen LogP contribution is 2.28. The van der Waals surface area contributed by atoms with Gasteiger partial charge in [-0.15, -0.1) is 0 Å². The van der Waals surface area contributed by atoms with Crippen LogP contribution in [-0.4, -0.2) is 24.7 Å². The van der Waals surface area contributed by atoms with Crippen LogP contribution in [0.25, 0.3) is 0 Å². The van der Waals surface area contributed by atoms with E-state index in [1.807, 2.05) is 19.1 Å². The molecule has 0 radical (unpaired) electrons. The van der Waals surface area contributed by atoms with Gasteiger partial charge in [0.15, 0.2) is 0 Å². The first-order valence-electron chi connectivity index (χ1n) is 7.28. The molecule has 1 fully saturated rings. The first-order valence-corrected chi connectivity index (χ1v) is 7.28. The lowest BCUT2D eigenvalue weighted by Crippen LogP contribution is -2.30. The molecule has 2 atom stereocenters. The number of para-hydroxylation sites is 1. The van der Waals surface area contributed by atoms with E-state index in [-0.39, 0.29) is 18.1 Å². The number of aryl methyl sites for hydroxylation is 1. The fourth-order valence-electron chi connectivity index (χ4n) is 2.62. The molecular formula is C16H24N2O2. The Kier molecular flexibility index (Phi) is 4.78. The van der Waals surface area contributed by atoms with E-state index in [4.69, 9.17) is 10.5 Å². The number of amides is 1. The van der Waals surface area contributed by atoms with E-state index in [1.54, 1.807) is 0 Å². The van der Waals surface area contributed by atoms with Gasteiger partial charge < -0.3 is 15.8 Å². The molecule has 0 unspecified atom stereocenters. The second kappa shape index (κ2) is 6.37. The Balaban J connectivity index is 2.12. The smallest absolute Gasteiger partial charge is 0.253 e. The summed E-state index contributed by atoms with van der Waals surface area (Å²) in [5, 5.41) is 3.04. The predicted molar refractivity (Wildman–Crippen MR) is 80.8 cm³/mol. The maximum absolute atomic E-state index is 12.3. The number of carbonyl (C=O) groups excluding carboxylic acids is 1. The van der Waals surface area contributed by atoms with Gasteiger partial charge >= 0.3 is 0 Å². The van der Waals surface area contributed by atoms with E-state index < -0.39 is 0 Å². The van der Waals surface area contributed by atoms with E-state index >= 15 is 0 Å². The minimum Gasteiger partial charge on any atom is -0.364 e. The van der Waals surface area contributed by atoms with Gasteiger partial charge in [0.25, 0.3) is 5.91 Å². The van der Waals surface area contributed by atoms with Crippen LogP contribution in [0.4, 0.5) is 5.69 Å². The van der Waals surface area contributed by atoms with Crippen molar-refractivity contribution in [2.24, 2.45) is 5.73 Å². The Hall–Kier alpha value is -1.39. The average molecular weight is 276 g/mol. The van der Waals surface area contributed by atoms with Gasteiger partial charge in [0.1, 0.15) is 6.10 Å². The second-order valence-corrected chi connectivity index (χ2v) is 5.74. The monoisotopic (exact) mass is 276 g/mol. The molecule has 4 heteroatoms. The first kappa shape index (κ1) is 15.0. The highest BCUT2D eigenvalue weighted by molar-refractivity contribution is 5.95. The van der Waals surface area contributed by atoms with Crippen LogP contribution >= 0.6 is 0 Å². The van der Waals surface area contributed by atoms with Crippen LogP contribution in [0.15, 0.2) is 18.2 Å². The molecule has 20 heavy (non-hydrogen) atoms. The van der Waals surface area contributed by atoms with Crippen LogP contribution in [-0.2, 0) is 9.53 Å². The molecular weight excluding hydrogens is 252 g/mol. The lowest BCUT2D eigenvalue weighted by molar-refractivity contribution is -0.126. The van der Waals surface area contributed by atoms with Gasteiger partial charge in [-0.3, -0.25) is 4.79 Å². The van der Waals surface area contributed by atoms with Crippen molar-refractivity contribution in [3.8, 4) is 0 Å². The Bertz CT molecular complexity index is 485. The minimum absolute atomic E-state index is 0.0205. The molecule has 0 aliphatic carbocycles. The summed E-state index contributed by atoms with van der Waals surface area (Å²) in [5.41, 5.74) is 8.74. The third-order valence-electron chi connectivity index (χ3n) is 3.84. The van der Waals surface area contributed by atoms with Crippen molar-refractivity contribution in [3.63, 3.8) is 0 Å². The number of ether oxygens (including phenoxy) is 1. The van der Waals surface area contributed by atoms with Crippen molar-refractivity contribution in [3.05, 3.63) is 29.3 Å². The summed E-state index contributed by atoms with van der Waals surface area (Å²) >= 11 is 0. The van der Waals surface area contributed by atoms with Crippen LogP contribution in [0, 0.1) is 6.92 Å². The predicted octanol–water partition coefficient (Wildman–Crippen LogP) is 2.56. The maximum Gasteiger partial charge on any atom is 0.253 e. The number of anilines is 1. The highest BCUT2D eigenvalue weighted by Gasteiger charge is 2.30. The van der Waals surface area contributed by atoms with Crippen LogP contribution in [0.3, 0.4) is 0 Å². The molecule has 2 rings (SSSR count). The normalized spacial score (nSPS) is 22.2. The van der Waals surface area contributed by atoms with Gasteiger partial charge in [-0.1, -0.05) is 32.0 Å². The zero-order chi connectivity index (χ0) is 14.7. The quantitative estimate of drug-likeness (QED) is 0.888. The SMILES string of the molecule is Cc1cccc(C(C)C)c1NC(=O)[C@@H]1CC[C@H](CN)O1. The second-order valence-electron chi connectivity index (χ2n) is 5.74. The lowest BCUT2D eigenvalue weighted by Gasteiger charge is -2.18. The van der Waals surface area contributed by atoms with Gasteiger partial charge in [-0.25, -0.2) is 0 Å². The molecule has 0 saturated carbocycles. The van der Waals surface area contributed by atoms with Crippen molar-refractivity contribution < 1.29 is 9.53 Å². The molecule has 1 aromatic rings. The van der Waals surface area contributed by atoms with Crippen LogP contribution in [0.5, 0.6) is 0 Å². The summed E-state index contributed by atoms with van der Waals surface area (Å²) in [7, 11) is 0. The summed E-state index contributed by atoms with van der Waals surface area (Å²) in [6.45, 7) is 6.74. The minimum atomic E-state index is -0.372. The van der Waals surface area contributed by atoms with E-state index in [0.717, 1.165) is 29.7 Å². The molecule has 1 aromatic carbocycles. The van der Waals surface area contributed by atoms with E-state index in [1.165, 1.54) is 0 Å². The van der Waals surface area contributed by atoms with Gasteiger partial charge in [0, 0.05) is 12.2 Å². The summed E-state index contributed by atoms with van der Waals surface area (Å²) in [6, 6.07) is 6.10. The molecule has 1 heterocycles. The van der Waals surface area contributed by atoms with Crippen molar-refractivity contribution in [1.82, 2.24) is 0 Å². The molecule has 110 valence electrons. The average Bonchev–Trinajstić information content (AvgIpc) is 2.89. The maximum atomic E-state index is 12.3. The van der Waals surface area contributed by atoms with Crippen molar-refractivity contribution in [2.45, 2.75) is 51.7 Å². The summed E-state index contributed by atoms with van der Waals surface area (Å²) in [4.78, 5) is 12.3. The zero-order valence-electron chi connectivity index (χ0n) is 12.5. The number of carbonyl (C=O) groups is 1. The van der Waals surface area contributed by atoms with Crippen molar-refractivity contribution >= 4 is 11.6 Å². The fraction of sp³-hybridized carbons (Fsp3) is 0.562. The van der Waals surface area contributed by atoms with Gasteiger partial charge in [-0.05, 0) is 36.8 Å². The molecule has 0 bridgehead atoms. The summed E-state index contributed by atoms with van der Waals surface area (Å²) in [6.07, 6.45) is 1.26. The number of hydrogen-bond donors (Lipinski definition) is 2. The molecule has 1 aliphatic heterocycles. The molecule has 1 saturated heterocycles. The number of rotatable bonds is 4. The lowest BCUT2D eigenvalue weighted by atomic mass is 9.98. The molecule has 0 spiro atoms. The number of nitrogens with two attached hydrogens (primary N) is 1. The number of hydrogen-bond acceptors (Lipinski definition) is 3. The van der Waals surface area contributed by atoms with Gasteiger partial charge in [-0.2, -0.15) is 0 Å². The van der Waals surface area contributed by atoms with Crippen molar-refractivity contribution in [1.29, 1.82) is 0 Å². The Morgan fingerprint density at radius 2 is 2.20 bits per heavy atom. The van der Waals surface area contributed by atoms with Gasteiger partial charge in [0.05, 0.1) is 6.10 Å². The topological polar surface area (TPSA) is 64.4 Å². The third-order valence-corrected chi connectivity index (χ3v) is 3.84. The van der Waals surface area contributed by atoms with Crippen LogP contribution in [0.2, 0.25) is 0 Å². The van der Waals surface area contributed by atoms with E-state index in [0.29, 0.717) is 12.5 Å². The third kappa shape index (κ3) is 3.19.